The topological polar surface area (TPSA) is 40.5 Å². The van der Waals surface area contributed by atoms with E-state index in [0.717, 1.165) is 43.7 Å². The standard InChI is InChI=1S/C17H24ClNO2S/c1-22-12-2-3-16(20)19-10-8-14(9-11-19)17(21)13-4-6-15(18)7-5-13/h4-7,14,17,21H,2-3,8-12H2,1H3. The molecule has 1 heterocycles. The first-order chi connectivity index (χ1) is 10.6. The number of piperidine rings is 1. The summed E-state index contributed by atoms with van der Waals surface area (Å²) in [5.74, 6) is 1.52. The molecule has 3 nitrogen and oxygen atoms in total. The van der Waals surface area contributed by atoms with Crippen LogP contribution < -0.4 is 0 Å². The quantitative estimate of drug-likeness (QED) is 0.801. The first kappa shape index (κ1) is 17.6. The second-order valence-electron chi connectivity index (χ2n) is 5.81. The number of aliphatic hydroxyl groups is 1. The molecule has 1 aromatic carbocycles. The number of hydrogen-bond donors (Lipinski definition) is 1. The van der Waals surface area contributed by atoms with Gasteiger partial charge in [0.05, 0.1) is 6.10 Å². The van der Waals surface area contributed by atoms with Crippen LogP contribution >= 0.6 is 23.4 Å². The molecule has 1 unspecified atom stereocenters. The number of likely N-dealkylation sites (tertiary alicyclic amines) is 1. The van der Waals surface area contributed by atoms with Crippen molar-refractivity contribution in [3.63, 3.8) is 0 Å². The van der Waals surface area contributed by atoms with Gasteiger partial charge >= 0.3 is 0 Å². The average molecular weight is 342 g/mol. The van der Waals surface area contributed by atoms with Gasteiger partial charge in [-0.05, 0) is 54.9 Å². The number of benzene rings is 1. The van der Waals surface area contributed by atoms with Crippen LogP contribution in [-0.2, 0) is 4.79 Å². The van der Waals surface area contributed by atoms with Gasteiger partial charge in [0.2, 0.25) is 5.91 Å². The maximum atomic E-state index is 12.1. The van der Waals surface area contributed by atoms with Gasteiger partial charge in [0.1, 0.15) is 0 Å². The van der Waals surface area contributed by atoms with E-state index in [-0.39, 0.29) is 11.8 Å². The number of carbonyl (C=O) groups is 1. The van der Waals surface area contributed by atoms with Gasteiger partial charge in [0, 0.05) is 24.5 Å². The fourth-order valence-corrected chi connectivity index (χ4v) is 3.48. The summed E-state index contributed by atoms with van der Waals surface area (Å²) in [6.45, 7) is 1.51. The first-order valence-corrected chi connectivity index (χ1v) is 9.59. The highest BCUT2D eigenvalue weighted by atomic mass is 35.5. The number of nitrogens with zero attached hydrogens (tertiary/aromatic N) is 1. The largest absolute Gasteiger partial charge is 0.388 e. The third kappa shape index (κ3) is 4.90. The van der Waals surface area contributed by atoms with Crippen LogP contribution in [0.15, 0.2) is 24.3 Å². The highest BCUT2D eigenvalue weighted by Crippen LogP contribution is 2.31. The number of thioether (sulfide) groups is 1. The zero-order valence-corrected chi connectivity index (χ0v) is 14.6. The Morgan fingerprint density at radius 3 is 2.59 bits per heavy atom. The van der Waals surface area contributed by atoms with Crippen molar-refractivity contribution in [2.24, 2.45) is 5.92 Å². The zero-order valence-electron chi connectivity index (χ0n) is 13.0. The number of rotatable bonds is 6. The summed E-state index contributed by atoms with van der Waals surface area (Å²) in [5.41, 5.74) is 0.911. The molecule has 1 N–H and O–H groups in total. The summed E-state index contributed by atoms with van der Waals surface area (Å²) in [5, 5.41) is 11.2. The molecule has 1 amide bonds. The second-order valence-corrected chi connectivity index (χ2v) is 7.23. The van der Waals surface area contributed by atoms with Crippen molar-refractivity contribution in [2.75, 3.05) is 25.1 Å². The summed E-state index contributed by atoms with van der Waals surface area (Å²) in [6, 6.07) is 7.38. The molecule has 1 aromatic rings. The summed E-state index contributed by atoms with van der Waals surface area (Å²) in [4.78, 5) is 14.0. The van der Waals surface area contributed by atoms with Gasteiger partial charge in [0.15, 0.2) is 0 Å². The van der Waals surface area contributed by atoms with Gasteiger partial charge in [-0.2, -0.15) is 11.8 Å². The number of halogens is 1. The predicted molar refractivity (Wildman–Crippen MR) is 93.3 cm³/mol. The molecule has 1 saturated heterocycles. The summed E-state index contributed by atoms with van der Waals surface area (Å²) < 4.78 is 0. The highest BCUT2D eigenvalue weighted by molar-refractivity contribution is 7.98. The minimum atomic E-state index is -0.467. The Balaban J connectivity index is 1.81. The molecule has 1 atom stereocenters. The molecule has 5 heteroatoms. The number of amides is 1. The van der Waals surface area contributed by atoms with Gasteiger partial charge < -0.3 is 10.0 Å². The van der Waals surface area contributed by atoms with Gasteiger partial charge in [0.25, 0.3) is 0 Å². The predicted octanol–water partition coefficient (Wildman–Crippen LogP) is 3.76. The third-order valence-corrected chi connectivity index (χ3v) is 5.24. The van der Waals surface area contributed by atoms with Crippen molar-refractivity contribution >= 4 is 29.3 Å². The molecule has 1 fully saturated rings. The fraction of sp³-hybridized carbons (Fsp3) is 0.588. The highest BCUT2D eigenvalue weighted by Gasteiger charge is 2.27. The number of carbonyl (C=O) groups excluding carboxylic acids is 1. The van der Waals surface area contributed by atoms with E-state index < -0.39 is 6.10 Å². The fourth-order valence-electron chi connectivity index (χ4n) is 2.92. The lowest BCUT2D eigenvalue weighted by atomic mass is 9.87. The average Bonchev–Trinajstić information content (AvgIpc) is 2.55. The number of hydrogen-bond acceptors (Lipinski definition) is 3. The smallest absolute Gasteiger partial charge is 0.222 e. The maximum absolute atomic E-state index is 12.1. The van der Waals surface area contributed by atoms with Crippen LogP contribution in [0.25, 0.3) is 0 Å². The Bertz CT molecular complexity index is 472. The molecule has 0 radical (unpaired) electrons. The van der Waals surface area contributed by atoms with E-state index in [9.17, 15) is 9.90 Å². The molecule has 0 bridgehead atoms. The van der Waals surface area contributed by atoms with E-state index in [0.29, 0.717) is 11.4 Å². The SMILES string of the molecule is CSCCCC(=O)N1CCC(C(O)c2ccc(Cl)cc2)CC1. The molecule has 2 rings (SSSR count). The van der Waals surface area contributed by atoms with Crippen LogP contribution in [0.1, 0.15) is 37.4 Å². The van der Waals surface area contributed by atoms with Gasteiger partial charge in [-0.1, -0.05) is 23.7 Å². The molecule has 0 aromatic heterocycles. The molecule has 122 valence electrons. The van der Waals surface area contributed by atoms with Crippen molar-refractivity contribution in [3.8, 4) is 0 Å². The Labute approximate surface area is 142 Å². The lowest BCUT2D eigenvalue weighted by Gasteiger charge is -2.34. The molecule has 1 aliphatic heterocycles. The van der Waals surface area contributed by atoms with E-state index in [2.05, 4.69) is 6.26 Å². The van der Waals surface area contributed by atoms with E-state index in [1.807, 2.05) is 29.2 Å². The second kappa shape index (κ2) is 8.80. The maximum Gasteiger partial charge on any atom is 0.222 e. The first-order valence-electron chi connectivity index (χ1n) is 7.82. The van der Waals surface area contributed by atoms with E-state index in [1.165, 1.54) is 0 Å². The van der Waals surface area contributed by atoms with Crippen LogP contribution in [0.5, 0.6) is 0 Å². The van der Waals surface area contributed by atoms with Crippen LogP contribution in [0.4, 0.5) is 0 Å². The third-order valence-electron chi connectivity index (χ3n) is 4.29. The van der Waals surface area contributed by atoms with E-state index in [4.69, 9.17) is 11.6 Å². The zero-order chi connectivity index (χ0) is 15.9. The molecular formula is C17H24ClNO2S. The van der Waals surface area contributed by atoms with Crippen molar-refractivity contribution in [1.29, 1.82) is 0 Å². The Morgan fingerprint density at radius 2 is 2.00 bits per heavy atom. The molecular weight excluding hydrogens is 318 g/mol. The van der Waals surface area contributed by atoms with Crippen molar-refractivity contribution in [1.82, 2.24) is 4.90 Å². The molecule has 1 aliphatic rings. The van der Waals surface area contributed by atoms with Crippen molar-refractivity contribution in [3.05, 3.63) is 34.9 Å². The van der Waals surface area contributed by atoms with Crippen LogP contribution in [0, 0.1) is 5.92 Å². The normalized spacial score (nSPS) is 17.5. The number of aliphatic hydroxyl groups excluding tert-OH is 1. The van der Waals surface area contributed by atoms with Crippen molar-refractivity contribution < 1.29 is 9.90 Å². The Morgan fingerprint density at radius 1 is 1.36 bits per heavy atom. The molecule has 0 saturated carbocycles. The monoisotopic (exact) mass is 341 g/mol. The molecule has 0 aliphatic carbocycles. The van der Waals surface area contributed by atoms with Gasteiger partial charge in [-0.3, -0.25) is 4.79 Å². The lowest BCUT2D eigenvalue weighted by Crippen LogP contribution is -2.39. The van der Waals surface area contributed by atoms with Crippen molar-refractivity contribution in [2.45, 2.75) is 31.8 Å². The molecule has 0 spiro atoms. The Kier molecular flexibility index (Phi) is 7.06. The summed E-state index contributed by atoms with van der Waals surface area (Å²) in [7, 11) is 0. The van der Waals surface area contributed by atoms with Crippen LogP contribution in [-0.4, -0.2) is 41.0 Å². The van der Waals surface area contributed by atoms with E-state index >= 15 is 0 Å². The van der Waals surface area contributed by atoms with E-state index in [1.54, 1.807) is 11.8 Å². The molecule has 22 heavy (non-hydrogen) atoms. The van der Waals surface area contributed by atoms with Crippen LogP contribution in [0.2, 0.25) is 5.02 Å². The Hall–Kier alpha value is -0.710. The minimum absolute atomic E-state index is 0.219. The lowest BCUT2D eigenvalue weighted by molar-refractivity contribution is -0.133. The van der Waals surface area contributed by atoms with Gasteiger partial charge in [-0.25, -0.2) is 0 Å². The van der Waals surface area contributed by atoms with Crippen LogP contribution in [0.3, 0.4) is 0 Å². The summed E-state index contributed by atoms with van der Waals surface area (Å²) >= 11 is 7.66. The minimum Gasteiger partial charge on any atom is -0.388 e. The summed E-state index contributed by atoms with van der Waals surface area (Å²) in [6.07, 6.45) is 4.91. The van der Waals surface area contributed by atoms with Gasteiger partial charge in [-0.15, -0.1) is 0 Å².